The van der Waals surface area contributed by atoms with Gasteiger partial charge in [-0.15, -0.1) is 11.3 Å². The fraction of sp³-hybridized carbons (Fsp3) is 0.500. The number of hydrogen-bond acceptors (Lipinski definition) is 3. The van der Waals surface area contributed by atoms with Crippen molar-refractivity contribution in [2.45, 2.75) is 25.8 Å². The molecule has 2 heterocycles. The van der Waals surface area contributed by atoms with Gasteiger partial charge in [0.2, 0.25) is 0 Å². The van der Waals surface area contributed by atoms with E-state index in [2.05, 4.69) is 22.6 Å². The van der Waals surface area contributed by atoms with Crippen LogP contribution in [0.1, 0.15) is 30.1 Å². The third-order valence-corrected chi connectivity index (χ3v) is 5.05. The van der Waals surface area contributed by atoms with Gasteiger partial charge in [-0.05, 0) is 47.4 Å². The summed E-state index contributed by atoms with van der Waals surface area (Å²) in [7, 11) is 0. The first kappa shape index (κ1) is 13.8. The van der Waals surface area contributed by atoms with Crippen LogP contribution in [0.2, 0.25) is 0 Å². The highest BCUT2D eigenvalue weighted by Crippen LogP contribution is 2.26. The summed E-state index contributed by atoms with van der Waals surface area (Å²) in [6, 6.07) is 1.12. The van der Waals surface area contributed by atoms with E-state index in [-0.39, 0.29) is 11.8 Å². The number of carboxylic acids is 1. The van der Waals surface area contributed by atoms with Crippen molar-refractivity contribution in [2.24, 2.45) is 5.92 Å². The standard InChI is InChI=1S/C12H14INO3S/c1-7-3-2-4-14(10(7)12(16)17)11(15)8-5-9(13)18-6-8/h5-7,10H,2-4H2,1H3,(H,16,17). The number of amides is 1. The zero-order chi connectivity index (χ0) is 13.3. The quantitative estimate of drug-likeness (QED) is 0.804. The Hall–Kier alpha value is -0.630. The summed E-state index contributed by atoms with van der Waals surface area (Å²) in [6.07, 6.45) is 1.74. The van der Waals surface area contributed by atoms with E-state index in [0.717, 1.165) is 15.7 Å². The first-order valence-corrected chi connectivity index (χ1v) is 7.74. The molecule has 2 atom stereocenters. The van der Waals surface area contributed by atoms with E-state index in [4.69, 9.17) is 0 Å². The summed E-state index contributed by atoms with van der Waals surface area (Å²) >= 11 is 3.66. The lowest BCUT2D eigenvalue weighted by molar-refractivity contribution is -0.145. The Labute approximate surface area is 123 Å². The van der Waals surface area contributed by atoms with Crippen LogP contribution in [0.5, 0.6) is 0 Å². The number of hydrogen-bond donors (Lipinski definition) is 1. The average Bonchev–Trinajstić information content (AvgIpc) is 2.74. The molecule has 0 radical (unpaired) electrons. The molecule has 0 saturated carbocycles. The van der Waals surface area contributed by atoms with Crippen molar-refractivity contribution >= 4 is 45.8 Å². The fourth-order valence-corrected chi connectivity index (χ4v) is 3.70. The zero-order valence-electron chi connectivity index (χ0n) is 9.93. The molecule has 2 unspecified atom stereocenters. The van der Waals surface area contributed by atoms with Crippen molar-refractivity contribution in [3.8, 4) is 0 Å². The SMILES string of the molecule is CC1CCCN(C(=O)c2csc(I)c2)C1C(=O)O. The average molecular weight is 379 g/mol. The number of halogens is 1. The number of aliphatic carboxylic acids is 1. The summed E-state index contributed by atoms with van der Waals surface area (Å²) in [5.74, 6) is -1.05. The second-order valence-corrected chi connectivity index (χ2v) is 7.35. The van der Waals surface area contributed by atoms with E-state index in [0.29, 0.717) is 12.1 Å². The highest BCUT2D eigenvalue weighted by Gasteiger charge is 2.37. The molecular formula is C12H14INO3S. The fourth-order valence-electron chi connectivity index (χ4n) is 2.38. The second kappa shape index (κ2) is 5.56. The Kier molecular flexibility index (Phi) is 4.26. The predicted octanol–water partition coefficient (Wildman–Crippen LogP) is 2.68. The van der Waals surface area contributed by atoms with Crippen LogP contribution in [0.3, 0.4) is 0 Å². The zero-order valence-corrected chi connectivity index (χ0v) is 12.9. The largest absolute Gasteiger partial charge is 0.480 e. The van der Waals surface area contributed by atoms with Gasteiger partial charge < -0.3 is 10.0 Å². The van der Waals surface area contributed by atoms with Crippen LogP contribution in [0.15, 0.2) is 11.4 Å². The Bertz CT molecular complexity index is 474. The smallest absolute Gasteiger partial charge is 0.326 e. The highest BCUT2D eigenvalue weighted by atomic mass is 127. The molecule has 0 aliphatic carbocycles. The summed E-state index contributed by atoms with van der Waals surface area (Å²) in [6.45, 7) is 2.43. The van der Waals surface area contributed by atoms with Crippen LogP contribution in [-0.4, -0.2) is 34.5 Å². The maximum Gasteiger partial charge on any atom is 0.326 e. The number of piperidine rings is 1. The third kappa shape index (κ3) is 2.69. The third-order valence-electron chi connectivity index (χ3n) is 3.26. The molecule has 0 aromatic carbocycles. The monoisotopic (exact) mass is 379 g/mol. The molecule has 1 aliphatic rings. The van der Waals surface area contributed by atoms with Gasteiger partial charge in [-0.2, -0.15) is 0 Å². The van der Waals surface area contributed by atoms with E-state index in [1.807, 2.05) is 13.0 Å². The lowest BCUT2D eigenvalue weighted by Gasteiger charge is -2.37. The van der Waals surface area contributed by atoms with Crippen LogP contribution in [0.25, 0.3) is 0 Å². The van der Waals surface area contributed by atoms with Gasteiger partial charge in [0.1, 0.15) is 6.04 Å². The van der Waals surface area contributed by atoms with Crippen LogP contribution in [0.4, 0.5) is 0 Å². The normalized spacial score (nSPS) is 24.0. The number of nitrogens with zero attached hydrogens (tertiary/aromatic N) is 1. The maximum atomic E-state index is 12.3. The molecule has 98 valence electrons. The van der Waals surface area contributed by atoms with Gasteiger partial charge in [-0.3, -0.25) is 4.79 Å². The van der Waals surface area contributed by atoms with Crippen molar-refractivity contribution in [3.05, 3.63) is 19.9 Å². The number of carbonyl (C=O) groups is 2. The van der Waals surface area contributed by atoms with Crippen LogP contribution in [0, 0.1) is 8.80 Å². The molecule has 1 fully saturated rings. The van der Waals surface area contributed by atoms with E-state index in [1.54, 1.807) is 5.38 Å². The highest BCUT2D eigenvalue weighted by molar-refractivity contribution is 14.1. The Balaban J connectivity index is 2.24. The molecule has 18 heavy (non-hydrogen) atoms. The molecule has 2 rings (SSSR count). The minimum Gasteiger partial charge on any atom is -0.480 e. The van der Waals surface area contributed by atoms with Crippen molar-refractivity contribution < 1.29 is 14.7 Å². The van der Waals surface area contributed by atoms with E-state index >= 15 is 0 Å². The van der Waals surface area contributed by atoms with E-state index in [1.165, 1.54) is 16.2 Å². The number of carboxylic acid groups (broad SMARTS) is 1. The maximum absolute atomic E-state index is 12.3. The van der Waals surface area contributed by atoms with Gasteiger partial charge in [0.15, 0.2) is 0 Å². The van der Waals surface area contributed by atoms with Gasteiger partial charge in [0.25, 0.3) is 5.91 Å². The van der Waals surface area contributed by atoms with Gasteiger partial charge in [-0.25, -0.2) is 4.79 Å². The van der Waals surface area contributed by atoms with Gasteiger partial charge >= 0.3 is 5.97 Å². The first-order valence-electron chi connectivity index (χ1n) is 5.78. The Morgan fingerprint density at radius 2 is 2.28 bits per heavy atom. The summed E-state index contributed by atoms with van der Waals surface area (Å²) in [5, 5.41) is 11.1. The van der Waals surface area contributed by atoms with Gasteiger partial charge in [0, 0.05) is 11.9 Å². The molecule has 1 aliphatic heterocycles. The first-order chi connectivity index (χ1) is 8.50. The number of rotatable bonds is 2. The molecule has 1 amide bonds. The van der Waals surface area contributed by atoms with Crippen LogP contribution >= 0.6 is 33.9 Å². The Morgan fingerprint density at radius 3 is 2.83 bits per heavy atom. The molecule has 1 aromatic rings. The topological polar surface area (TPSA) is 57.6 Å². The lowest BCUT2D eigenvalue weighted by atomic mass is 9.90. The molecule has 6 heteroatoms. The molecular weight excluding hydrogens is 365 g/mol. The molecule has 1 N–H and O–H groups in total. The number of thiophene rings is 1. The number of likely N-dealkylation sites (tertiary alicyclic amines) is 1. The number of carbonyl (C=O) groups excluding carboxylic acids is 1. The van der Waals surface area contributed by atoms with Crippen molar-refractivity contribution in [1.29, 1.82) is 0 Å². The van der Waals surface area contributed by atoms with Crippen LogP contribution < -0.4 is 0 Å². The van der Waals surface area contributed by atoms with E-state index < -0.39 is 12.0 Å². The molecule has 0 bridgehead atoms. The minimum atomic E-state index is -0.902. The molecule has 0 spiro atoms. The summed E-state index contributed by atoms with van der Waals surface area (Å²) in [5.41, 5.74) is 0.602. The van der Waals surface area contributed by atoms with Crippen LogP contribution in [-0.2, 0) is 4.79 Å². The van der Waals surface area contributed by atoms with Crippen molar-refractivity contribution in [3.63, 3.8) is 0 Å². The van der Waals surface area contributed by atoms with Gasteiger partial charge in [0.05, 0.1) is 8.45 Å². The van der Waals surface area contributed by atoms with Gasteiger partial charge in [-0.1, -0.05) is 6.92 Å². The predicted molar refractivity (Wildman–Crippen MR) is 77.9 cm³/mol. The lowest BCUT2D eigenvalue weighted by Crippen LogP contribution is -2.51. The second-order valence-electron chi connectivity index (χ2n) is 4.54. The van der Waals surface area contributed by atoms with Crippen molar-refractivity contribution in [1.82, 2.24) is 4.90 Å². The molecule has 4 nitrogen and oxygen atoms in total. The molecule has 1 saturated heterocycles. The van der Waals surface area contributed by atoms with E-state index in [9.17, 15) is 14.7 Å². The van der Waals surface area contributed by atoms with Crippen molar-refractivity contribution in [2.75, 3.05) is 6.54 Å². The Morgan fingerprint density at radius 1 is 1.56 bits per heavy atom. The molecule has 1 aromatic heterocycles. The summed E-state index contributed by atoms with van der Waals surface area (Å²) < 4.78 is 1.04. The minimum absolute atomic E-state index is 0.0120. The summed E-state index contributed by atoms with van der Waals surface area (Å²) in [4.78, 5) is 25.2.